The topological polar surface area (TPSA) is 17.1 Å². The van der Waals surface area contributed by atoms with Gasteiger partial charge in [-0.25, -0.2) is 21.8 Å². The molecule has 8 heteroatoms. The van der Waals surface area contributed by atoms with Crippen LogP contribution in [0.1, 0.15) is 5.56 Å². The number of hydrogen-bond donors (Lipinski definition) is 0. The SMILES string of the molecule is Cc1ccc([S@@](=O)c2ccccc2)cc1.Fc1c(F)c(I)c(F)c(F)c1I. The fraction of sp³-hybridized carbons (Fsp3) is 0.0526. The standard InChI is InChI=1S/C13H12OS.C6F4I2/c1-11-7-9-13(10-8-11)15(14)12-5-3-2-4-6-12;7-1-2(8)6(12)4(10)3(9)5(1)11/h2-10H,1H3;/t15-;/m0./s1. The lowest BCUT2D eigenvalue weighted by molar-refractivity contribution is 0.437. The number of benzene rings is 3. The second kappa shape index (κ2) is 9.97. The van der Waals surface area contributed by atoms with Crippen molar-refractivity contribution in [1.29, 1.82) is 0 Å². The zero-order valence-electron chi connectivity index (χ0n) is 13.8. The van der Waals surface area contributed by atoms with Crippen molar-refractivity contribution >= 4 is 56.0 Å². The summed E-state index contributed by atoms with van der Waals surface area (Å²) in [6.45, 7) is 2.02. The van der Waals surface area contributed by atoms with Crippen LogP contribution in [-0.2, 0) is 10.8 Å². The number of aryl methyl sites for hydroxylation is 1. The van der Waals surface area contributed by atoms with Gasteiger partial charge in [0.05, 0.1) is 17.9 Å². The third-order valence-electron chi connectivity index (χ3n) is 3.35. The van der Waals surface area contributed by atoms with Crippen LogP contribution in [0.5, 0.6) is 0 Å². The van der Waals surface area contributed by atoms with Crippen molar-refractivity contribution in [1.82, 2.24) is 0 Å². The van der Waals surface area contributed by atoms with Crippen molar-refractivity contribution in [2.24, 2.45) is 0 Å². The molecule has 0 saturated heterocycles. The molecule has 142 valence electrons. The van der Waals surface area contributed by atoms with Crippen LogP contribution in [0.25, 0.3) is 0 Å². The maximum absolute atomic E-state index is 12.6. The van der Waals surface area contributed by atoms with Gasteiger partial charge >= 0.3 is 0 Å². The lowest BCUT2D eigenvalue weighted by atomic mass is 10.2. The van der Waals surface area contributed by atoms with E-state index >= 15 is 0 Å². The average Bonchev–Trinajstić information content (AvgIpc) is 2.70. The van der Waals surface area contributed by atoms with Crippen molar-refractivity contribution < 1.29 is 21.8 Å². The molecule has 0 bridgehead atoms. The van der Waals surface area contributed by atoms with E-state index in [2.05, 4.69) is 0 Å². The summed E-state index contributed by atoms with van der Waals surface area (Å²) >= 11 is 2.41. The Kier molecular flexibility index (Phi) is 8.22. The van der Waals surface area contributed by atoms with Crippen LogP contribution in [-0.4, -0.2) is 4.21 Å². The fourth-order valence-corrected chi connectivity index (χ4v) is 3.93. The van der Waals surface area contributed by atoms with Crippen molar-refractivity contribution in [3.63, 3.8) is 0 Å². The summed E-state index contributed by atoms with van der Waals surface area (Å²) < 4.78 is 61.3. The second-order valence-corrected chi connectivity index (χ2v) is 8.92. The van der Waals surface area contributed by atoms with E-state index in [1.807, 2.05) is 61.5 Å². The van der Waals surface area contributed by atoms with Gasteiger partial charge in [0.25, 0.3) is 0 Å². The molecule has 3 rings (SSSR count). The molecule has 0 spiro atoms. The van der Waals surface area contributed by atoms with Gasteiger partial charge in [0.15, 0.2) is 23.3 Å². The van der Waals surface area contributed by atoms with Gasteiger partial charge in [-0.15, -0.1) is 0 Å². The normalized spacial score (nSPS) is 11.5. The molecular weight excluding hydrogens is 606 g/mol. The molecular formula is C19H12F4I2OS. The molecule has 3 aromatic carbocycles. The Hall–Kier alpha value is -1.01. The number of rotatable bonds is 2. The van der Waals surface area contributed by atoms with Gasteiger partial charge in [-0.2, -0.15) is 0 Å². The summed E-state index contributed by atoms with van der Waals surface area (Å²) in [6.07, 6.45) is 0. The molecule has 0 aliphatic rings. The first-order valence-electron chi connectivity index (χ1n) is 7.44. The highest BCUT2D eigenvalue weighted by Gasteiger charge is 2.21. The molecule has 27 heavy (non-hydrogen) atoms. The molecule has 0 unspecified atom stereocenters. The second-order valence-electron chi connectivity index (χ2n) is 5.28. The van der Waals surface area contributed by atoms with Crippen molar-refractivity contribution in [3.05, 3.63) is 90.6 Å². The van der Waals surface area contributed by atoms with Crippen LogP contribution in [0.3, 0.4) is 0 Å². The van der Waals surface area contributed by atoms with E-state index in [4.69, 9.17) is 0 Å². The maximum Gasteiger partial charge on any atom is 0.176 e. The van der Waals surface area contributed by atoms with E-state index in [1.165, 1.54) is 50.7 Å². The summed E-state index contributed by atoms with van der Waals surface area (Å²) in [6, 6.07) is 17.3. The fourth-order valence-electron chi connectivity index (χ4n) is 1.92. The molecule has 0 aromatic heterocycles. The minimum atomic E-state index is -1.35. The van der Waals surface area contributed by atoms with E-state index in [1.54, 1.807) is 0 Å². The van der Waals surface area contributed by atoms with Gasteiger partial charge in [-0.1, -0.05) is 35.9 Å². The first kappa shape index (κ1) is 22.3. The molecule has 0 amide bonds. The van der Waals surface area contributed by atoms with Crippen molar-refractivity contribution in [3.8, 4) is 0 Å². The van der Waals surface area contributed by atoms with E-state index in [0.717, 1.165) is 9.79 Å². The van der Waals surface area contributed by atoms with Gasteiger partial charge in [0.1, 0.15) is 0 Å². The average molecular weight is 618 g/mol. The molecule has 0 saturated carbocycles. The van der Waals surface area contributed by atoms with Crippen LogP contribution >= 0.6 is 45.2 Å². The predicted octanol–water partition coefficient (Wildman–Crippen LogP) is 6.61. The van der Waals surface area contributed by atoms with Crippen LogP contribution in [0.2, 0.25) is 0 Å². The molecule has 1 atom stereocenters. The Balaban J connectivity index is 0.000000199. The van der Waals surface area contributed by atoms with Gasteiger partial charge in [-0.3, -0.25) is 0 Å². The summed E-state index contributed by atoms with van der Waals surface area (Å²) in [5.41, 5.74) is 1.18. The maximum atomic E-state index is 12.6. The Labute approximate surface area is 183 Å². The molecule has 0 fully saturated rings. The Morgan fingerprint density at radius 2 is 1.04 bits per heavy atom. The largest absolute Gasteiger partial charge is 0.249 e. The third-order valence-corrected chi connectivity index (χ3v) is 6.64. The molecule has 0 radical (unpaired) electrons. The minimum absolute atomic E-state index is 0.664. The zero-order valence-corrected chi connectivity index (χ0v) is 18.9. The van der Waals surface area contributed by atoms with E-state index in [0.29, 0.717) is 0 Å². The Morgan fingerprint density at radius 1 is 0.667 bits per heavy atom. The third kappa shape index (κ3) is 5.50. The van der Waals surface area contributed by atoms with E-state index in [9.17, 15) is 21.8 Å². The minimum Gasteiger partial charge on any atom is -0.249 e. The van der Waals surface area contributed by atoms with E-state index < -0.39 is 41.2 Å². The lowest BCUT2D eigenvalue weighted by Gasteiger charge is -2.02. The summed E-state index contributed by atoms with van der Waals surface area (Å²) in [7, 11) is -1.06. The van der Waals surface area contributed by atoms with E-state index in [-0.39, 0.29) is 0 Å². The van der Waals surface area contributed by atoms with Crippen LogP contribution in [0.4, 0.5) is 17.6 Å². The summed E-state index contributed by atoms with van der Waals surface area (Å²) in [5, 5.41) is 0. The van der Waals surface area contributed by atoms with Crippen LogP contribution in [0, 0.1) is 37.3 Å². The summed E-state index contributed by atoms with van der Waals surface area (Å²) in [4.78, 5) is 1.70. The highest BCUT2D eigenvalue weighted by Crippen LogP contribution is 2.26. The lowest BCUT2D eigenvalue weighted by Crippen LogP contribution is -2.02. The first-order valence-corrected chi connectivity index (χ1v) is 10.7. The van der Waals surface area contributed by atoms with Gasteiger partial charge in [-0.05, 0) is 76.4 Å². The molecule has 1 nitrogen and oxygen atoms in total. The summed E-state index contributed by atoms with van der Waals surface area (Å²) in [5.74, 6) is -5.39. The monoisotopic (exact) mass is 618 g/mol. The van der Waals surface area contributed by atoms with Gasteiger partial charge in [0.2, 0.25) is 0 Å². The highest BCUT2D eigenvalue weighted by atomic mass is 127. The predicted molar refractivity (Wildman–Crippen MR) is 114 cm³/mol. The Bertz CT molecular complexity index is 859. The number of hydrogen-bond acceptors (Lipinski definition) is 1. The number of halogens is 6. The molecule has 0 aliphatic heterocycles. The zero-order chi connectivity index (χ0) is 20.1. The van der Waals surface area contributed by atoms with Crippen molar-refractivity contribution in [2.75, 3.05) is 0 Å². The van der Waals surface area contributed by atoms with Crippen LogP contribution < -0.4 is 0 Å². The smallest absolute Gasteiger partial charge is 0.176 e. The quantitative estimate of drug-likeness (QED) is 0.137. The van der Waals surface area contributed by atoms with Crippen LogP contribution in [0.15, 0.2) is 64.4 Å². The van der Waals surface area contributed by atoms with Gasteiger partial charge in [0, 0.05) is 9.79 Å². The highest BCUT2D eigenvalue weighted by molar-refractivity contribution is 14.1. The molecule has 0 aliphatic carbocycles. The molecule has 3 aromatic rings. The molecule has 0 N–H and O–H groups in total. The first-order chi connectivity index (χ1) is 12.7. The van der Waals surface area contributed by atoms with Gasteiger partial charge < -0.3 is 0 Å². The Morgan fingerprint density at radius 3 is 1.44 bits per heavy atom. The molecule has 0 heterocycles. The van der Waals surface area contributed by atoms with Crippen molar-refractivity contribution in [2.45, 2.75) is 16.7 Å².